The molecule has 0 bridgehead atoms. The van der Waals surface area contributed by atoms with Gasteiger partial charge in [0, 0.05) is 28.5 Å². The van der Waals surface area contributed by atoms with Gasteiger partial charge in [-0.3, -0.25) is 29.0 Å². The van der Waals surface area contributed by atoms with Crippen molar-refractivity contribution in [2.75, 3.05) is 69.8 Å². The summed E-state index contributed by atoms with van der Waals surface area (Å²) in [6.07, 6.45) is 2.09. The zero-order chi connectivity index (χ0) is 57.9. The van der Waals surface area contributed by atoms with Gasteiger partial charge in [0.25, 0.3) is 0 Å². The predicted octanol–water partition coefficient (Wildman–Crippen LogP) is 10.4. The van der Waals surface area contributed by atoms with E-state index in [-0.39, 0.29) is 36.6 Å². The molecule has 20 heteroatoms. The van der Waals surface area contributed by atoms with Crippen molar-refractivity contribution in [3.8, 4) is 34.5 Å². The summed E-state index contributed by atoms with van der Waals surface area (Å²) in [5, 5.41) is 0. The van der Waals surface area contributed by atoms with Crippen LogP contribution in [0.15, 0.2) is 45.3 Å². The molecule has 422 valence electrons. The van der Waals surface area contributed by atoms with Crippen LogP contribution in [0.2, 0.25) is 0 Å². The maximum absolute atomic E-state index is 12.2. The van der Waals surface area contributed by atoms with Crippen LogP contribution in [-0.4, -0.2) is 139 Å². The first-order chi connectivity index (χ1) is 34.5. The van der Waals surface area contributed by atoms with Crippen LogP contribution >= 0.6 is 31.9 Å². The number of benzene rings is 3. The van der Waals surface area contributed by atoms with Gasteiger partial charge in [-0.15, -0.1) is 0 Å². The monoisotopic (exact) mass is 1180 g/mol. The number of methoxy groups -OCH3 is 6. The van der Waals surface area contributed by atoms with Gasteiger partial charge in [-0.2, -0.15) is 0 Å². The summed E-state index contributed by atoms with van der Waals surface area (Å²) in [6.45, 7) is 28.1. The number of aldehydes is 1. The van der Waals surface area contributed by atoms with Crippen LogP contribution in [-0.2, 0) is 51.0 Å². The molecule has 1 aliphatic heterocycles. The number of nitrogens with zero attached hydrogens (tertiary/aromatic N) is 2. The summed E-state index contributed by atoms with van der Waals surface area (Å²) in [4.78, 5) is 49.3. The van der Waals surface area contributed by atoms with Gasteiger partial charge in [0.05, 0.1) is 83.6 Å². The third-order valence-electron chi connectivity index (χ3n) is 10.7. The molecule has 3 aromatic carbocycles. The number of carbonyl (C=O) groups is 4. The van der Waals surface area contributed by atoms with Crippen molar-refractivity contribution in [1.29, 1.82) is 0 Å². The molecule has 1 fully saturated rings. The Kier molecular flexibility index (Phi) is 27.7. The highest BCUT2D eigenvalue weighted by Crippen LogP contribution is 2.38. The van der Waals surface area contributed by atoms with E-state index in [9.17, 15) is 19.2 Å². The summed E-state index contributed by atoms with van der Waals surface area (Å²) in [5.74, 6) is 3.08. The van der Waals surface area contributed by atoms with E-state index in [4.69, 9.17) is 51.9 Å². The van der Waals surface area contributed by atoms with Gasteiger partial charge in [0.1, 0.15) is 51.3 Å². The second kappa shape index (κ2) is 30.4. The number of ether oxygens (including phenoxy) is 9. The van der Waals surface area contributed by atoms with E-state index in [0.717, 1.165) is 32.0 Å². The highest BCUT2D eigenvalue weighted by Gasteiger charge is 2.52. The van der Waals surface area contributed by atoms with E-state index in [1.165, 1.54) is 14.2 Å². The normalized spacial score (nSPS) is 13.7. The van der Waals surface area contributed by atoms with Gasteiger partial charge in [-0.25, -0.2) is 0 Å². The second-order valence-electron chi connectivity index (χ2n) is 21.5. The van der Waals surface area contributed by atoms with E-state index in [2.05, 4.69) is 31.9 Å². The maximum atomic E-state index is 12.2. The molecule has 4 rings (SSSR count). The first kappa shape index (κ1) is 68.4. The molecule has 0 unspecified atom stereocenters. The number of hydrogen-bond donors (Lipinski definition) is 0. The maximum Gasteiger partial charge on any atom is 0.495 e. The van der Waals surface area contributed by atoms with Crippen molar-refractivity contribution >= 4 is 68.6 Å². The molecule has 75 heavy (non-hydrogen) atoms. The SMILES string of the molecule is CCCC(=O)OC(C)(C)C.COc1cc(B2OC(C)(C)C(C)(C)O2)cc(OC)c1CN(C)CC(=O)OC(C)(C)C.COc1cc(Br)cc(OC)c1C=O.COc1cc(Br)cc(OC)c1CN(C)CC(=O)OC(C)(C)C. The number of hydrogen-bond acceptors (Lipinski definition) is 17. The smallest absolute Gasteiger partial charge is 0.495 e. The topological polar surface area (TPSA) is 176 Å². The minimum absolute atomic E-state index is 0.102. The fourth-order valence-electron chi connectivity index (χ4n) is 6.84. The number of halogens is 2. The fourth-order valence-corrected chi connectivity index (χ4v) is 7.67. The molecule has 1 aliphatic rings. The van der Waals surface area contributed by atoms with Crippen LogP contribution in [0.3, 0.4) is 0 Å². The number of rotatable bonds is 18. The molecular formula is C55H85BBr2N2O15. The fraction of sp³-hybridized carbons (Fsp3) is 0.600. The Bertz CT molecular complexity index is 2230. The Balaban J connectivity index is 0.000000545. The molecule has 0 radical (unpaired) electrons. The van der Waals surface area contributed by atoms with Crippen molar-refractivity contribution in [1.82, 2.24) is 9.80 Å². The average Bonchev–Trinajstić information content (AvgIpc) is 3.50. The lowest BCUT2D eigenvalue weighted by Crippen LogP contribution is -2.41. The Morgan fingerprint density at radius 1 is 0.547 bits per heavy atom. The van der Waals surface area contributed by atoms with Crippen LogP contribution in [0.5, 0.6) is 34.5 Å². The third-order valence-corrected chi connectivity index (χ3v) is 11.6. The molecule has 3 aromatic rings. The quantitative estimate of drug-likeness (QED) is 0.0508. The molecule has 17 nitrogen and oxygen atoms in total. The van der Waals surface area contributed by atoms with Crippen molar-refractivity contribution in [2.24, 2.45) is 0 Å². The lowest BCUT2D eigenvalue weighted by Gasteiger charge is -2.32. The summed E-state index contributed by atoms with van der Waals surface area (Å²) < 4.78 is 61.9. The molecule has 0 saturated carbocycles. The van der Waals surface area contributed by atoms with E-state index < -0.39 is 29.5 Å². The van der Waals surface area contributed by atoms with Gasteiger partial charge in [0.15, 0.2) is 6.29 Å². The molecular weight excluding hydrogens is 1100 g/mol. The highest BCUT2D eigenvalue weighted by atomic mass is 79.9. The van der Waals surface area contributed by atoms with E-state index in [1.807, 2.05) is 145 Å². The van der Waals surface area contributed by atoms with Gasteiger partial charge in [-0.1, -0.05) is 38.8 Å². The Morgan fingerprint density at radius 2 is 0.840 bits per heavy atom. The molecule has 0 aromatic heterocycles. The first-order valence-corrected chi connectivity index (χ1v) is 26.0. The van der Waals surface area contributed by atoms with Crippen molar-refractivity contribution in [2.45, 2.75) is 151 Å². The minimum Gasteiger partial charge on any atom is -0.496 e. The van der Waals surface area contributed by atoms with E-state index in [1.54, 1.807) is 40.6 Å². The van der Waals surface area contributed by atoms with Gasteiger partial charge >= 0.3 is 25.0 Å². The average molecular weight is 1180 g/mol. The van der Waals surface area contributed by atoms with Gasteiger partial charge in [0.2, 0.25) is 0 Å². The summed E-state index contributed by atoms with van der Waals surface area (Å²) in [5.41, 5.74) is 0.767. The standard InChI is InChI=1S/C22H36BNO6.C16H24BrNO4.C9H9BrO3.C8H16O2/c1-20(2,3)28-19(25)14-24(8)13-16-17(26-9)11-15(12-18(16)27-10)23-29-21(4,5)22(6,7)30-23;1-16(2,3)22-15(19)10-18(4)9-12-13(20-5)7-11(17)8-14(12)21-6;1-12-8-3-6(10)4-9(13-2)7(8)5-11;1-5-6-7(9)10-8(2,3)4/h11-12H,13-14H2,1-10H3;7-8H,9-10H2,1-6H3;3-5H,1-2H3;5-6H2,1-4H3. The van der Waals surface area contributed by atoms with Gasteiger partial charge < -0.3 is 51.9 Å². The molecule has 0 aliphatic carbocycles. The first-order valence-electron chi connectivity index (χ1n) is 24.4. The van der Waals surface area contributed by atoms with E-state index >= 15 is 0 Å². The Hall–Kier alpha value is -4.60. The summed E-state index contributed by atoms with van der Waals surface area (Å²) in [7, 11) is 12.6. The zero-order valence-electron chi connectivity index (χ0n) is 48.6. The Labute approximate surface area is 464 Å². The minimum atomic E-state index is -0.522. The third kappa shape index (κ3) is 24.1. The van der Waals surface area contributed by atoms with Crippen LogP contribution < -0.4 is 33.9 Å². The van der Waals surface area contributed by atoms with Crippen LogP contribution in [0.1, 0.15) is 131 Å². The predicted molar refractivity (Wildman–Crippen MR) is 300 cm³/mol. The molecule has 0 atom stereocenters. The largest absolute Gasteiger partial charge is 0.496 e. The molecule has 0 N–H and O–H groups in total. The summed E-state index contributed by atoms with van der Waals surface area (Å²) >= 11 is 6.70. The number of likely N-dealkylation sites (N-methyl/N-ethyl adjacent to an activating group) is 2. The zero-order valence-corrected chi connectivity index (χ0v) is 51.8. The van der Waals surface area contributed by atoms with Crippen LogP contribution in [0.4, 0.5) is 0 Å². The second-order valence-corrected chi connectivity index (χ2v) is 23.3. The Morgan fingerprint density at radius 3 is 1.12 bits per heavy atom. The molecule has 0 spiro atoms. The van der Waals surface area contributed by atoms with E-state index in [0.29, 0.717) is 65.9 Å². The molecule has 0 amide bonds. The van der Waals surface area contributed by atoms with Crippen LogP contribution in [0.25, 0.3) is 0 Å². The number of esters is 3. The highest BCUT2D eigenvalue weighted by molar-refractivity contribution is 9.10. The number of carbonyl (C=O) groups excluding carboxylic acids is 4. The van der Waals surface area contributed by atoms with Gasteiger partial charge in [-0.05, 0) is 152 Å². The van der Waals surface area contributed by atoms with Crippen molar-refractivity contribution in [3.05, 3.63) is 62.0 Å². The lowest BCUT2D eigenvalue weighted by molar-refractivity contribution is -0.157. The summed E-state index contributed by atoms with van der Waals surface area (Å²) in [6, 6.07) is 11.0. The van der Waals surface area contributed by atoms with Crippen molar-refractivity contribution in [3.63, 3.8) is 0 Å². The van der Waals surface area contributed by atoms with Crippen molar-refractivity contribution < 1.29 is 71.1 Å². The molecule has 1 saturated heterocycles. The van der Waals surface area contributed by atoms with Crippen LogP contribution in [0, 0.1) is 0 Å². The lowest BCUT2D eigenvalue weighted by atomic mass is 9.78. The molecule has 1 heterocycles.